The number of nitrogen functional groups attached to an aromatic ring is 1. The minimum Gasteiger partial charge on any atom is -0.396 e. The molecule has 0 saturated heterocycles. The van der Waals surface area contributed by atoms with Crippen LogP contribution in [0.1, 0.15) is 5.56 Å². The molecule has 2 rings (SSSR count). The van der Waals surface area contributed by atoms with Crippen LogP contribution >= 0.6 is 23.2 Å². The molecule has 21 heavy (non-hydrogen) atoms. The number of rotatable bonds is 3. The molecule has 0 aliphatic heterocycles. The number of halogens is 3. The van der Waals surface area contributed by atoms with E-state index in [4.69, 9.17) is 28.9 Å². The average molecular weight is 350 g/mol. The number of anilines is 2. The number of aryl methyl sites for hydroxylation is 1. The molecule has 5 nitrogen and oxygen atoms in total. The van der Waals surface area contributed by atoms with E-state index in [0.29, 0.717) is 5.56 Å². The molecule has 0 aliphatic carbocycles. The molecule has 0 aliphatic rings. The van der Waals surface area contributed by atoms with Crippen LogP contribution in [0.15, 0.2) is 29.3 Å². The predicted molar refractivity (Wildman–Crippen MR) is 80.6 cm³/mol. The summed E-state index contributed by atoms with van der Waals surface area (Å²) in [6.45, 7) is 1.66. The normalized spacial score (nSPS) is 11.4. The van der Waals surface area contributed by atoms with Crippen LogP contribution in [0.2, 0.25) is 10.2 Å². The second-order valence-electron chi connectivity index (χ2n) is 4.20. The number of nitrogens with zero attached hydrogens (tertiary/aromatic N) is 1. The van der Waals surface area contributed by atoms with E-state index >= 15 is 0 Å². The predicted octanol–water partition coefficient (Wildman–Crippen LogP) is 3.22. The Bertz CT molecular complexity index is 792. The van der Waals surface area contributed by atoms with Crippen molar-refractivity contribution in [3.8, 4) is 0 Å². The molecule has 0 fully saturated rings. The zero-order valence-corrected chi connectivity index (χ0v) is 13.0. The van der Waals surface area contributed by atoms with Crippen LogP contribution in [0.5, 0.6) is 0 Å². The molecular weight excluding hydrogens is 340 g/mol. The first-order valence-electron chi connectivity index (χ1n) is 5.61. The SMILES string of the molecule is Cc1ccnc(Cl)c1NS(=O)(=O)c1cc(N)c(F)cc1Cl. The lowest BCUT2D eigenvalue weighted by molar-refractivity contribution is 0.600. The lowest BCUT2D eigenvalue weighted by atomic mass is 10.3. The van der Waals surface area contributed by atoms with Crippen LogP contribution in [0.25, 0.3) is 0 Å². The molecule has 0 bridgehead atoms. The summed E-state index contributed by atoms with van der Waals surface area (Å²) in [5.41, 5.74) is 5.75. The molecule has 9 heteroatoms. The van der Waals surface area contributed by atoms with E-state index in [1.54, 1.807) is 13.0 Å². The van der Waals surface area contributed by atoms with Gasteiger partial charge in [-0.25, -0.2) is 17.8 Å². The summed E-state index contributed by atoms with van der Waals surface area (Å²) < 4.78 is 40.2. The number of nitrogens with two attached hydrogens (primary N) is 1. The first-order valence-corrected chi connectivity index (χ1v) is 7.84. The monoisotopic (exact) mass is 349 g/mol. The highest BCUT2D eigenvalue weighted by Crippen LogP contribution is 2.30. The van der Waals surface area contributed by atoms with Crippen molar-refractivity contribution < 1.29 is 12.8 Å². The van der Waals surface area contributed by atoms with Crippen LogP contribution in [-0.4, -0.2) is 13.4 Å². The van der Waals surface area contributed by atoms with E-state index in [2.05, 4.69) is 9.71 Å². The maximum atomic E-state index is 13.2. The molecule has 0 saturated carbocycles. The van der Waals surface area contributed by atoms with Gasteiger partial charge in [0.2, 0.25) is 0 Å². The zero-order valence-electron chi connectivity index (χ0n) is 10.7. The van der Waals surface area contributed by atoms with Gasteiger partial charge in [-0.05, 0) is 30.7 Å². The van der Waals surface area contributed by atoms with Crippen LogP contribution in [0.4, 0.5) is 15.8 Å². The summed E-state index contributed by atoms with van der Waals surface area (Å²) in [5, 5.41) is -0.295. The van der Waals surface area contributed by atoms with Gasteiger partial charge in [0.1, 0.15) is 10.7 Å². The van der Waals surface area contributed by atoms with Gasteiger partial charge in [-0.3, -0.25) is 4.72 Å². The highest BCUT2D eigenvalue weighted by atomic mass is 35.5. The van der Waals surface area contributed by atoms with E-state index in [0.717, 1.165) is 12.1 Å². The minimum atomic E-state index is -4.08. The Kier molecular flexibility index (Phi) is 4.27. The summed E-state index contributed by atoms with van der Waals surface area (Å²) >= 11 is 11.6. The van der Waals surface area contributed by atoms with Crippen LogP contribution in [0, 0.1) is 12.7 Å². The number of nitrogens with one attached hydrogen (secondary N) is 1. The molecule has 0 atom stereocenters. The minimum absolute atomic E-state index is 0.00946. The standard InChI is InChI=1S/C12H10Cl2FN3O2S/c1-6-2-3-17-12(14)11(6)18-21(19,20)10-5-9(16)8(15)4-7(10)13/h2-5,18H,16H2,1H3. The second kappa shape index (κ2) is 5.67. The summed E-state index contributed by atoms with van der Waals surface area (Å²) in [5.74, 6) is -0.797. The molecule has 0 radical (unpaired) electrons. The fraction of sp³-hybridized carbons (Fsp3) is 0.0833. The van der Waals surface area contributed by atoms with E-state index in [1.807, 2.05) is 0 Å². The van der Waals surface area contributed by atoms with Gasteiger partial charge in [-0.2, -0.15) is 0 Å². The van der Waals surface area contributed by atoms with Gasteiger partial charge in [0.25, 0.3) is 10.0 Å². The zero-order chi connectivity index (χ0) is 15.8. The highest BCUT2D eigenvalue weighted by Gasteiger charge is 2.22. The Morgan fingerprint density at radius 3 is 2.62 bits per heavy atom. The quantitative estimate of drug-likeness (QED) is 0.658. The molecule has 1 heterocycles. The van der Waals surface area contributed by atoms with E-state index in [9.17, 15) is 12.8 Å². The van der Waals surface area contributed by atoms with Crippen molar-refractivity contribution in [3.05, 3.63) is 46.0 Å². The van der Waals surface area contributed by atoms with Crippen molar-refractivity contribution in [2.45, 2.75) is 11.8 Å². The largest absolute Gasteiger partial charge is 0.396 e. The van der Waals surface area contributed by atoms with Gasteiger partial charge >= 0.3 is 0 Å². The van der Waals surface area contributed by atoms with Crippen LogP contribution in [-0.2, 0) is 10.0 Å². The molecule has 1 aromatic heterocycles. The smallest absolute Gasteiger partial charge is 0.263 e. The number of sulfonamides is 1. The molecule has 0 amide bonds. The number of pyridine rings is 1. The summed E-state index contributed by atoms with van der Waals surface area (Å²) in [7, 11) is -4.08. The lowest BCUT2D eigenvalue weighted by Crippen LogP contribution is -2.15. The van der Waals surface area contributed by atoms with Crippen molar-refractivity contribution in [1.29, 1.82) is 0 Å². The Hall–Kier alpha value is -1.57. The molecule has 0 spiro atoms. The lowest BCUT2D eigenvalue weighted by Gasteiger charge is -2.13. The molecule has 3 N–H and O–H groups in total. The Balaban J connectivity index is 2.51. The third-order valence-corrected chi connectivity index (χ3v) is 4.79. The summed E-state index contributed by atoms with van der Waals surface area (Å²) in [4.78, 5) is 3.45. The van der Waals surface area contributed by atoms with Gasteiger partial charge in [0.05, 0.1) is 16.4 Å². The van der Waals surface area contributed by atoms with Crippen molar-refractivity contribution in [2.75, 3.05) is 10.5 Å². The molecule has 112 valence electrons. The van der Waals surface area contributed by atoms with E-state index < -0.39 is 15.8 Å². The Morgan fingerprint density at radius 1 is 1.33 bits per heavy atom. The number of hydrogen-bond acceptors (Lipinski definition) is 4. The first-order chi connectivity index (χ1) is 9.72. The Morgan fingerprint density at radius 2 is 2.00 bits per heavy atom. The molecule has 1 aromatic carbocycles. The average Bonchev–Trinajstić information content (AvgIpc) is 2.38. The van der Waals surface area contributed by atoms with Crippen molar-refractivity contribution in [3.63, 3.8) is 0 Å². The maximum Gasteiger partial charge on any atom is 0.263 e. The second-order valence-corrected chi connectivity index (χ2v) is 6.62. The van der Waals surface area contributed by atoms with Crippen molar-refractivity contribution in [1.82, 2.24) is 4.98 Å². The molecule has 2 aromatic rings. The maximum absolute atomic E-state index is 13.2. The summed E-state index contributed by atoms with van der Waals surface area (Å²) in [6.07, 6.45) is 1.44. The van der Waals surface area contributed by atoms with Gasteiger partial charge in [0, 0.05) is 6.20 Å². The number of benzene rings is 1. The fourth-order valence-electron chi connectivity index (χ4n) is 1.59. The van der Waals surface area contributed by atoms with Crippen molar-refractivity contribution in [2.24, 2.45) is 0 Å². The Labute approximate surface area is 130 Å². The summed E-state index contributed by atoms with van der Waals surface area (Å²) in [6, 6.07) is 3.37. The first kappa shape index (κ1) is 15.8. The van der Waals surface area contributed by atoms with E-state index in [1.165, 1.54) is 6.20 Å². The third kappa shape index (κ3) is 3.20. The highest BCUT2D eigenvalue weighted by molar-refractivity contribution is 7.92. The van der Waals surface area contributed by atoms with Gasteiger partial charge in [0.15, 0.2) is 5.15 Å². The van der Waals surface area contributed by atoms with Crippen LogP contribution < -0.4 is 10.5 Å². The topological polar surface area (TPSA) is 85.1 Å². The van der Waals surface area contributed by atoms with Crippen molar-refractivity contribution >= 4 is 44.6 Å². The number of aromatic nitrogens is 1. The third-order valence-electron chi connectivity index (χ3n) is 2.69. The molecule has 0 unspecified atom stereocenters. The van der Waals surface area contributed by atoms with Crippen LogP contribution in [0.3, 0.4) is 0 Å². The fourth-order valence-corrected chi connectivity index (χ4v) is 3.59. The number of hydrogen-bond donors (Lipinski definition) is 2. The van der Waals surface area contributed by atoms with Gasteiger partial charge < -0.3 is 5.73 Å². The van der Waals surface area contributed by atoms with E-state index in [-0.39, 0.29) is 26.4 Å². The van der Waals surface area contributed by atoms with Gasteiger partial charge in [-0.1, -0.05) is 23.2 Å². The van der Waals surface area contributed by atoms with Gasteiger partial charge in [-0.15, -0.1) is 0 Å². The molecular formula is C12H10Cl2FN3O2S.